The molecule has 0 aliphatic carbocycles. The third-order valence-corrected chi connectivity index (χ3v) is 2.77. The summed E-state index contributed by atoms with van der Waals surface area (Å²) in [6.07, 6.45) is 2.30. The predicted octanol–water partition coefficient (Wildman–Crippen LogP) is 3.96. The first-order valence-electron chi connectivity index (χ1n) is 7.04. The van der Waals surface area contributed by atoms with E-state index in [1.54, 1.807) is 0 Å². The zero-order chi connectivity index (χ0) is 14.3. The topological polar surface area (TPSA) is 21.3 Å². The molecule has 2 heteroatoms. The molecule has 0 unspecified atom stereocenters. The molecule has 1 aromatic rings. The Balaban J connectivity index is 2.33. The fourth-order valence-electron chi connectivity index (χ4n) is 1.67. The van der Waals surface area contributed by atoms with Crippen molar-refractivity contribution < 1.29 is 4.74 Å². The number of hydrogen-bond donors (Lipinski definition) is 1. The summed E-state index contributed by atoms with van der Waals surface area (Å²) in [4.78, 5) is 0. The van der Waals surface area contributed by atoms with Gasteiger partial charge in [-0.1, -0.05) is 32.1 Å². The van der Waals surface area contributed by atoms with Crippen LogP contribution in [0.4, 0.5) is 0 Å². The van der Waals surface area contributed by atoms with Gasteiger partial charge in [-0.2, -0.15) is 0 Å². The quantitative estimate of drug-likeness (QED) is 0.750. The summed E-state index contributed by atoms with van der Waals surface area (Å²) in [5, 5.41) is 3.40. The van der Waals surface area contributed by atoms with Gasteiger partial charge in [0.05, 0.1) is 0 Å². The van der Waals surface area contributed by atoms with Crippen LogP contribution in [0.15, 0.2) is 36.4 Å². The second-order valence-corrected chi connectivity index (χ2v) is 6.04. The lowest BCUT2D eigenvalue weighted by Gasteiger charge is -2.21. The molecule has 0 bridgehead atoms. The van der Waals surface area contributed by atoms with Gasteiger partial charge in [0.1, 0.15) is 12.4 Å². The number of benzene rings is 1. The number of aryl methyl sites for hydroxylation is 1. The van der Waals surface area contributed by atoms with Crippen molar-refractivity contribution >= 4 is 0 Å². The first-order chi connectivity index (χ1) is 8.90. The van der Waals surface area contributed by atoms with E-state index in [0.29, 0.717) is 6.61 Å². The summed E-state index contributed by atoms with van der Waals surface area (Å²) in [5.41, 5.74) is 2.54. The monoisotopic (exact) mass is 261 g/mol. The van der Waals surface area contributed by atoms with E-state index in [2.05, 4.69) is 51.7 Å². The molecule has 106 valence electrons. The zero-order valence-electron chi connectivity index (χ0n) is 12.8. The molecule has 0 saturated heterocycles. The lowest BCUT2D eigenvalue weighted by atomic mass is 10.1. The van der Waals surface area contributed by atoms with E-state index in [9.17, 15) is 0 Å². The molecule has 2 nitrogen and oxygen atoms in total. The molecule has 1 N–H and O–H groups in total. The van der Waals surface area contributed by atoms with Gasteiger partial charge in [-0.3, -0.25) is 0 Å². The minimum absolute atomic E-state index is 0.116. The van der Waals surface area contributed by atoms with Gasteiger partial charge in [0.15, 0.2) is 0 Å². The summed E-state index contributed by atoms with van der Waals surface area (Å²) >= 11 is 0. The fourth-order valence-corrected chi connectivity index (χ4v) is 1.67. The van der Waals surface area contributed by atoms with Crippen LogP contribution < -0.4 is 10.1 Å². The van der Waals surface area contributed by atoms with Gasteiger partial charge in [-0.25, -0.2) is 0 Å². The van der Waals surface area contributed by atoms with Crippen LogP contribution in [0.5, 0.6) is 5.75 Å². The van der Waals surface area contributed by atoms with Crippen LogP contribution in [0.3, 0.4) is 0 Å². The van der Waals surface area contributed by atoms with E-state index in [-0.39, 0.29) is 5.54 Å². The Kier molecular flexibility index (Phi) is 6.10. The molecule has 0 spiro atoms. The van der Waals surface area contributed by atoms with E-state index in [1.165, 1.54) is 12.0 Å². The average molecular weight is 261 g/mol. The maximum atomic E-state index is 5.73. The average Bonchev–Trinajstić information content (AvgIpc) is 2.35. The highest BCUT2D eigenvalue weighted by molar-refractivity contribution is 5.27. The Bertz CT molecular complexity index is 387. The standard InChI is InChI=1S/C17H27NO/c1-6-7-15-8-10-16(11-9-15)19-13-14(2)12-18-17(3,4)5/h8-11,18H,2,6-7,12-13H2,1,3-5H3. The van der Waals surface area contributed by atoms with E-state index >= 15 is 0 Å². The molecule has 0 aliphatic rings. The van der Waals surface area contributed by atoms with Gasteiger partial charge < -0.3 is 10.1 Å². The Morgan fingerprint density at radius 2 is 1.84 bits per heavy atom. The number of ether oxygens (including phenoxy) is 1. The second kappa shape index (κ2) is 7.34. The number of rotatable bonds is 7. The molecule has 19 heavy (non-hydrogen) atoms. The summed E-state index contributed by atoms with van der Waals surface area (Å²) in [6, 6.07) is 8.34. The second-order valence-electron chi connectivity index (χ2n) is 6.04. The molecule has 0 fully saturated rings. The highest BCUT2D eigenvalue weighted by atomic mass is 16.5. The maximum absolute atomic E-state index is 5.73. The highest BCUT2D eigenvalue weighted by Gasteiger charge is 2.08. The molecule has 1 aromatic carbocycles. The van der Waals surface area contributed by atoms with Crippen LogP contribution in [0, 0.1) is 0 Å². The van der Waals surface area contributed by atoms with Crippen LogP contribution in [-0.4, -0.2) is 18.7 Å². The number of nitrogens with one attached hydrogen (secondary N) is 1. The highest BCUT2D eigenvalue weighted by Crippen LogP contribution is 2.14. The van der Waals surface area contributed by atoms with E-state index in [0.717, 1.165) is 24.3 Å². The van der Waals surface area contributed by atoms with Gasteiger partial charge in [-0.05, 0) is 50.5 Å². The van der Waals surface area contributed by atoms with Crippen LogP contribution in [0.1, 0.15) is 39.7 Å². The van der Waals surface area contributed by atoms with Gasteiger partial charge in [0.25, 0.3) is 0 Å². The minimum Gasteiger partial charge on any atom is -0.489 e. The van der Waals surface area contributed by atoms with E-state index < -0.39 is 0 Å². The molecule has 0 amide bonds. The molecule has 0 aromatic heterocycles. The summed E-state index contributed by atoms with van der Waals surface area (Å²) in [7, 11) is 0. The van der Waals surface area contributed by atoms with Crippen molar-refractivity contribution in [2.75, 3.05) is 13.2 Å². The van der Waals surface area contributed by atoms with Crippen molar-refractivity contribution in [3.8, 4) is 5.75 Å². The van der Waals surface area contributed by atoms with Gasteiger partial charge in [0.2, 0.25) is 0 Å². The summed E-state index contributed by atoms with van der Waals surface area (Å²) < 4.78 is 5.73. The number of hydrogen-bond acceptors (Lipinski definition) is 2. The SMILES string of the molecule is C=C(CNC(C)(C)C)COc1ccc(CCC)cc1. The Labute approximate surface area is 117 Å². The Hall–Kier alpha value is -1.28. The minimum atomic E-state index is 0.116. The van der Waals surface area contributed by atoms with Crippen molar-refractivity contribution in [3.05, 3.63) is 42.0 Å². The third-order valence-electron chi connectivity index (χ3n) is 2.77. The van der Waals surface area contributed by atoms with Crippen molar-refractivity contribution in [1.29, 1.82) is 0 Å². The first kappa shape index (κ1) is 15.8. The fraction of sp³-hybridized carbons (Fsp3) is 0.529. The predicted molar refractivity (Wildman–Crippen MR) is 82.8 cm³/mol. The van der Waals surface area contributed by atoms with Crippen molar-refractivity contribution in [1.82, 2.24) is 5.32 Å². The van der Waals surface area contributed by atoms with Crippen LogP contribution >= 0.6 is 0 Å². The summed E-state index contributed by atoms with van der Waals surface area (Å²) in [5.74, 6) is 0.914. The first-order valence-corrected chi connectivity index (χ1v) is 7.04. The van der Waals surface area contributed by atoms with Crippen molar-refractivity contribution in [2.24, 2.45) is 0 Å². The molecule has 0 saturated carbocycles. The lowest BCUT2D eigenvalue weighted by molar-refractivity contribution is 0.341. The van der Waals surface area contributed by atoms with Gasteiger partial charge in [0, 0.05) is 12.1 Å². The largest absolute Gasteiger partial charge is 0.489 e. The molecule has 1 rings (SSSR count). The van der Waals surface area contributed by atoms with Gasteiger partial charge >= 0.3 is 0 Å². The van der Waals surface area contributed by atoms with Crippen LogP contribution in [0.25, 0.3) is 0 Å². The molecule has 0 heterocycles. The lowest BCUT2D eigenvalue weighted by Crippen LogP contribution is -2.37. The molecule has 0 aliphatic heterocycles. The van der Waals surface area contributed by atoms with E-state index in [1.807, 2.05) is 12.1 Å². The van der Waals surface area contributed by atoms with Crippen LogP contribution in [-0.2, 0) is 6.42 Å². The Morgan fingerprint density at radius 3 is 2.37 bits per heavy atom. The van der Waals surface area contributed by atoms with Gasteiger partial charge in [-0.15, -0.1) is 0 Å². The molecular weight excluding hydrogens is 234 g/mol. The van der Waals surface area contributed by atoms with E-state index in [4.69, 9.17) is 4.74 Å². The summed E-state index contributed by atoms with van der Waals surface area (Å²) in [6.45, 7) is 14.0. The van der Waals surface area contributed by atoms with Crippen molar-refractivity contribution in [3.63, 3.8) is 0 Å². The van der Waals surface area contributed by atoms with Crippen molar-refractivity contribution in [2.45, 2.75) is 46.1 Å². The van der Waals surface area contributed by atoms with Crippen LogP contribution in [0.2, 0.25) is 0 Å². The normalized spacial score (nSPS) is 11.4. The maximum Gasteiger partial charge on any atom is 0.119 e. The molecular formula is C17H27NO. The smallest absolute Gasteiger partial charge is 0.119 e. The Morgan fingerprint density at radius 1 is 1.21 bits per heavy atom. The molecule has 0 radical (unpaired) electrons. The third kappa shape index (κ3) is 7.02. The molecule has 0 atom stereocenters. The zero-order valence-corrected chi connectivity index (χ0v) is 12.8.